The van der Waals surface area contributed by atoms with Crippen LogP contribution in [0.15, 0.2) is 60.1 Å². The van der Waals surface area contributed by atoms with E-state index in [0.29, 0.717) is 21.9 Å². The lowest BCUT2D eigenvalue weighted by Crippen LogP contribution is -2.14. The number of hydrogen-bond donors (Lipinski definition) is 1. The second-order valence-corrected chi connectivity index (χ2v) is 6.66. The number of esters is 1. The summed E-state index contributed by atoms with van der Waals surface area (Å²) in [7, 11) is 1.34. The highest BCUT2D eigenvalue weighted by atomic mass is 32.1. The standard InChI is InChI=1S/C20H14N4O3S/c1-27-19(26)13-8-6-12(7-9-13)17-11-28-20(23-17)24-18(25)16-10-21-14-4-2-3-5-15(14)22-16/h2-11H,1H3,(H,23,24,25). The van der Waals surface area contributed by atoms with Crippen molar-refractivity contribution in [3.63, 3.8) is 0 Å². The Morgan fingerprint density at radius 2 is 1.75 bits per heavy atom. The van der Waals surface area contributed by atoms with Gasteiger partial charge in [-0.25, -0.2) is 14.8 Å². The summed E-state index contributed by atoms with van der Waals surface area (Å²) in [6.45, 7) is 0. The molecule has 4 aromatic rings. The number of aromatic nitrogens is 3. The molecule has 28 heavy (non-hydrogen) atoms. The van der Waals surface area contributed by atoms with E-state index < -0.39 is 5.97 Å². The highest BCUT2D eigenvalue weighted by Crippen LogP contribution is 2.25. The number of carbonyl (C=O) groups excluding carboxylic acids is 2. The van der Waals surface area contributed by atoms with Crippen LogP contribution in [-0.4, -0.2) is 33.9 Å². The fourth-order valence-corrected chi connectivity index (χ4v) is 3.30. The van der Waals surface area contributed by atoms with E-state index in [2.05, 4.69) is 25.0 Å². The van der Waals surface area contributed by atoms with E-state index in [-0.39, 0.29) is 11.6 Å². The molecule has 2 aromatic heterocycles. The van der Waals surface area contributed by atoms with E-state index in [4.69, 9.17) is 0 Å². The minimum absolute atomic E-state index is 0.220. The maximum Gasteiger partial charge on any atom is 0.337 e. The number of amides is 1. The van der Waals surface area contributed by atoms with Crippen LogP contribution in [0.25, 0.3) is 22.3 Å². The number of nitrogens with one attached hydrogen (secondary N) is 1. The number of hydrogen-bond acceptors (Lipinski definition) is 7. The number of para-hydroxylation sites is 2. The third-order valence-electron chi connectivity index (χ3n) is 4.01. The first kappa shape index (κ1) is 17.7. The van der Waals surface area contributed by atoms with Gasteiger partial charge in [-0.2, -0.15) is 0 Å². The highest BCUT2D eigenvalue weighted by Gasteiger charge is 2.13. The highest BCUT2D eigenvalue weighted by molar-refractivity contribution is 7.14. The summed E-state index contributed by atoms with van der Waals surface area (Å²) in [6.07, 6.45) is 1.44. The number of rotatable bonds is 4. The van der Waals surface area contributed by atoms with E-state index in [0.717, 1.165) is 11.1 Å². The molecular weight excluding hydrogens is 376 g/mol. The third kappa shape index (κ3) is 3.58. The molecule has 0 unspecified atom stereocenters. The van der Waals surface area contributed by atoms with Crippen LogP contribution in [0.2, 0.25) is 0 Å². The molecule has 4 rings (SSSR count). The molecule has 0 atom stereocenters. The fourth-order valence-electron chi connectivity index (χ4n) is 2.59. The first-order valence-electron chi connectivity index (χ1n) is 8.31. The molecule has 2 aromatic carbocycles. The molecule has 0 aliphatic heterocycles. The van der Waals surface area contributed by atoms with Gasteiger partial charge in [0.25, 0.3) is 5.91 Å². The lowest BCUT2D eigenvalue weighted by molar-refractivity contribution is 0.0600. The predicted molar refractivity (Wildman–Crippen MR) is 106 cm³/mol. The lowest BCUT2D eigenvalue weighted by Gasteiger charge is -2.02. The zero-order chi connectivity index (χ0) is 19.5. The minimum atomic E-state index is -0.394. The number of fused-ring (bicyclic) bond motifs is 1. The Hall–Kier alpha value is -3.65. The second kappa shape index (κ2) is 7.53. The third-order valence-corrected chi connectivity index (χ3v) is 4.77. The summed E-state index contributed by atoms with van der Waals surface area (Å²) in [5.41, 5.74) is 3.59. The van der Waals surface area contributed by atoms with Crippen LogP contribution in [-0.2, 0) is 4.74 Å². The predicted octanol–water partition coefficient (Wildman–Crippen LogP) is 3.79. The molecule has 0 spiro atoms. The zero-order valence-corrected chi connectivity index (χ0v) is 15.6. The average Bonchev–Trinajstić information content (AvgIpc) is 3.21. The van der Waals surface area contributed by atoms with Gasteiger partial charge >= 0.3 is 5.97 Å². The van der Waals surface area contributed by atoms with Crippen LogP contribution in [0.1, 0.15) is 20.8 Å². The number of carbonyl (C=O) groups is 2. The Labute approximate surface area is 164 Å². The summed E-state index contributed by atoms with van der Waals surface area (Å²) in [5.74, 6) is -0.769. The Bertz CT molecular complexity index is 1170. The van der Waals surface area contributed by atoms with E-state index in [1.165, 1.54) is 24.6 Å². The van der Waals surface area contributed by atoms with Gasteiger partial charge in [-0.05, 0) is 24.3 Å². The van der Waals surface area contributed by atoms with Gasteiger partial charge in [0, 0.05) is 10.9 Å². The topological polar surface area (TPSA) is 94.1 Å². The zero-order valence-electron chi connectivity index (χ0n) is 14.7. The summed E-state index contributed by atoms with van der Waals surface area (Å²) in [5, 5.41) is 5.02. The number of thiazole rings is 1. The van der Waals surface area contributed by atoms with E-state index in [1.54, 1.807) is 30.3 Å². The number of benzene rings is 2. The molecular formula is C20H14N4O3S. The Morgan fingerprint density at radius 1 is 1.00 bits per heavy atom. The van der Waals surface area contributed by atoms with Gasteiger partial charge in [0.15, 0.2) is 5.13 Å². The van der Waals surface area contributed by atoms with Gasteiger partial charge in [-0.15, -0.1) is 11.3 Å². The fraction of sp³-hybridized carbons (Fsp3) is 0.0500. The van der Waals surface area contributed by atoms with Crippen molar-refractivity contribution in [3.8, 4) is 11.3 Å². The smallest absolute Gasteiger partial charge is 0.337 e. The Kier molecular flexibility index (Phi) is 4.77. The van der Waals surface area contributed by atoms with E-state index in [1.807, 2.05) is 23.6 Å². The van der Waals surface area contributed by atoms with Crippen molar-refractivity contribution in [2.75, 3.05) is 12.4 Å². The maximum absolute atomic E-state index is 12.5. The normalized spacial score (nSPS) is 10.6. The SMILES string of the molecule is COC(=O)c1ccc(-c2csc(NC(=O)c3cnc4ccccc4n3)n2)cc1. The summed E-state index contributed by atoms with van der Waals surface area (Å²) in [4.78, 5) is 37.0. The molecule has 0 fully saturated rings. The lowest BCUT2D eigenvalue weighted by atomic mass is 10.1. The number of anilines is 1. The van der Waals surface area contributed by atoms with E-state index >= 15 is 0 Å². The van der Waals surface area contributed by atoms with Gasteiger partial charge in [-0.3, -0.25) is 15.1 Å². The van der Waals surface area contributed by atoms with Crippen LogP contribution >= 0.6 is 11.3 Å². The number of ether oxygens (including phenoxy) is 1. The summed E-state index contributed by atoms with van der Waals surface area (Å²) < 4.78 is 4.69. The molecule has 0 aliphatic rings. The van der Waals surface area contributed by atoms with E-state index in [9.17, 15) is 9.59 Å². The first-order valence-corrected chi connectivity index (χ1v) is 9.19. The largest absolute Gasteiger partial charge is 0.465 e. The molecule has 138 valence electrons. The second-order valence-electron chi connectivity index (χ2n) is 5.80. The Morgan fingerprint density at radius 3 is 2.50 bits per heavy atom. The van der Waals surface area contributed by atoms with Gasteiger partial charge in [0.2, 0.25) is 0 Å². The van der Waals surface area contributed by atoms with Gasteiger partial charge in [-0.1, -0.05) is 24.3 Å². The minimum Gasteiger partial charge on any atom is -0.465 e. The van der Waals surface area contributed by atoms with Crippen molar-refractivity contribution in [1.82, 2.24) is 15.0 Å². The van der Waals surface area contributed by atoms with Crippen molar-refractivity contribution in [2.24, 2.45) is 0 Å². The van der Waals surface area contributed by atoms with Gasteiger partial charge in [0.05, 0.1) is 35.6 Å². The monoisotopic (exact) mass is 390 g/mol. The van der Waals surface area contributed by atoms with Crippen LogP contribution in [0, 0.1) is 0 Å². The molecule has 0 bridgehead atoms. The molecule has 1 amide bonds. The molecule has 7 nitrogen and oxygen atoms in total. The van der Waals surface area contributed by atoms with Crippen molar-refractivity contribution in [2.45, 2.75) is 0 Å². The number of methoxy groups -OCH3 is 1. The molecule has 0 saturated carbocycles. The van der Waals surface area contributed by atoms with Crippen molar-refractivity contribution in [1.29, 1.82) is 0 Å². The first-order chi connectivity index (χ1) is 13.6. The molecule has 8 heteroatoms. The number of nitrogens with zero attached hydrogens (tertiary/aromatic N) is 3. The van der Waals surface area contributed by atoms with Crippen molar-refractivity contribution in [3.05, 3.63) is 71.4 Å². The Balaban J connectivity index is 1.50. The quantitative estimate of drug-likeness (QED) is 0.533. The van der Waals surface area contributed by atoms with Crippen LogP contribution in [0.3, 0.4) is 0 Å². The van der Waals surface area contributed by atoms with Gasteiger partial charge < -0.3 is 4.74 Å². The van der Waals surface area contributed by atoms with Crippen LogP contribution < -0.4 is 5.32 Å². The van der Waals surface area contributed by atoms with Crippen LogP contribution in [0.5, 0.6) is 0 Å². The molecule has 0 aliphatic carbocycles. The summed E-state index contributed by atoms with van der Waals surface area (Å²) >= 11 is 1.30. The molecule has 1 N–H and O–H groups in total. The molecule has 0 saturated heterocycles. The van der Waals surface area contributed by atoms with Crippen molar-refractivity contribution < 1.29 is 14.3 Å². The average molecular weight is 390 g/mol. The van der Waals surface area contributed by atoms with Crippen molar-refractivity contribution >= 4 is 39.4 Å². The maximum atomic E-state index is 12.5. The molecule has 2 heterocycles. The van der Waals surface area contributed by atoms with Crippen LogP contribution in [0.4, 0.5) is 5.13 Å². The molecule has 0 radical (unpaired) electrons. The van der Waals surface area contributed by atoms with Gasteiger partial charge in [0.1, 0.15) is 5.69 Å². The summed E-state index contributed by atoms with van der Waals surface area (Å²) in [6, 6.07) is 14.3.